The molecule has 1 aromatic rings. The molecule has 1 aliphatic rings. The second-order valence-corrected chi connectivity index (χ2v) is 7.75. The van der Waals surface area contributed by atoms with Gasteiger partial charge in [0, 0.05) is 21.1 Å². The van der Waals surface area contributed by atoms with E-state index in [1.807, 2.05) is 0 Å². The molecule has 7 heteroatoms. The molecule has 0 heterocycles. The van der Waals surface area contributed by atoms with Gasteiger partial charge in [-0.15, -0.1) is 0 Å². The Kier molecular flexibility index (Phi) is 5.90. The number of amides is 1. The van der Waals surface area contributed by atoms with Gasteiger partial charge in [0.1, 0.15) is 5.75 Å². The van der Waals surface area contributed by atoms with E-state index in [1.54, 1.807) is 0 Å². The Balaban J connectivity index is 1.97. The molecule has 1 atom stereocenters. The average molecular weight is 349 g/mol. The number of carbonyl (C=O) groups is 1. The summed E-state index contributed by atoms with van der Waals surface area (Å²) < 4.78 is 12.2. The summed E-state index contributed by atoms with van der Waals surface area (Å²) in [4.78, 5) is 12.0. The van der Waals surface area contributed by atoms with Crippen molar-refractivity contribution >= 4 is 51.3 Å². The van der Waals surface area contributed by atoms with Crippen molar-refractivity contribution in [2.24, 2.45) is 0 Å². The largest absolute Gasteiger partial charge is 0.397 e. The quantitative estimate of drug-likeness (QED) is 0.816. The van der Waals surface area contributed by atoms with E-state index in [9.17, 15) is 9.00 Å². The molecule has 2 rings (SSSR count). The first-order chi connectivity index (χ1) is 9.97. The third-order valence-corrected chi connectivity index (χ3v) is 5.83. The molecular weight excluding hydrogens is 331 g/mol. The second-order valence-electron chi connectivity index (χ2n) is 5.19. The van der Waals surface area contributed by atoms with Gasteiger partial charge in [-0.25, -0.2) is 0 Å². The van der Waals surface area contributed by atoms with E-state index >= 15 is 0 Å². The molecule has 1 saturated carbocycles. The number of nitrogen functional groups attached to an aromatic ring is 1. The second kappa shape index (κ2) is 7.47. The number of hydrogen-bond donors (Lipinski definition) is 2. The molecule has 0 radical (unpaired) electrons. The summed E-state index contributed by atoms with van der Waals surface area (Å²) in [6.07, 6.45) is 5.24. The smallest absolute Gasteiger partial charge is 0.237 e. The van der Waals surface area contributed by atoms with E-state index in [0.29, 0.717) is 16.4 Å². The maximum atomic E-state index is 12.2. The molecule has 0 aromatic heterocycles. The number of hydrogen-bond acceptors (Lipinski definition) is 3. The fourth-order valence-electron chi connectivity index (χ4n) is 2.48. The first-order valence-electron chi connectivity index (χ1n) is 6.89. The van der Waals surface area contributed by atoms with Crippen molar-refractivity contribution in [3.05, 3.63) is 22.2 Å². The van der Waals surface area contributed by atoms with Gasteiger partial charge in [-0.2, -0.15) is 0 Å². The molecule has 0 bridgehead atoms. The van der Waals surface area contributed by atoms with Crippen LogP contribution in [0.1, 0.15) is 32.1 Å². The molecule has 0 saturated heterocycles. The minimum absolute atomic E-state index is 0.0247. The summed E-state index contributed by atoms with van der Waals surface area (Å²) in [5.41, 5.74) is 6.41. The van der Waals surface area contributed by atoms with Crippen LogP contribution in [0, 0.1) is 0 Å². The van der Waals surface area contributed by atoms with Crippen LogP contribution in [-0.4, -0.2) is 21.1 Å². The van der Waals surface area contributed by atoms with Crippen LogP contribution in [0.5, 0.6) is 0 Å². The molecule has 4 nitrogen and oxygen atoms in total. The zero-order chi connectivity index (χ0) is 15.4. The number of rotatable bonds is 4. The molecule has 0 aliphatic heterocycles. The van der Waals surface area contributed by atoms with E-state index in [1.165, 1.54) is 18.6 Å². The van der Waals surface area contributed by atoms with Crippen LogP contribution in [0.2, 0.25) is 10.0 Å². The summed E-state index contributed by atoms with van der Waals surface area (Å²) in [6, 6.07) is 3.02. The van der Waals surface area contributed by atoms with Gasteiger partial charge in [0.25, 0.3) is 0 Å². The maximum Gasteiger partial charge on any atom is 0.237 e. The van der Waals surface area contributed by atoms with E-state index < -0.39 is 10.8 Å². The highest BCUT2D eigenvalue weighted by molar-refractivity contribution is 7.86. The Morgan fingerprint density at radius 1 is 1.29 bits per heavy atom. The lowest BCUT2D eigenvalue weighted by Gasteiger charge is -2.20. The molecule has 0 spiro atoms. The van der Waals surface area contributed by atoms with Gasteiger partial charge in [0.2, 0.25) is 5.91 Å². The van der Waals surface area contributed by atoms with Crippen LogP contribution in [0.3, 0.4) is 0 Å². The van der Waals surface area contributed by atoms with E-state index in [0.717, 1.165) is 25.7 Å². The summed E-state index contributed by atoms with van der Waals surface area (Å²) in [5.74, 6) is -0.363. The van der Waals surface area contributed by atoms with E-state index in [4.69, 9.17) is 28.9 Å². The molecule has 21 heavy (non-hydrogen) atoms. The Hall–Kier alpha value is -0.780. The monoisotopic (exact) mass is 348 g/mol. The maximum absolute atomic E-state index is 12.2. The third kappa shape index (κ3) is 4.59. The Labute approximate surface area is 136 Å². The highest BCUT2D eigenvalue weighted by atomic mass is 35.5. The third-order valence-electron chi connectivity index (χ3n) is 3.55. The van der Waals surface area contributed by atoms with Crippen LogP contribution in [0.15, 0.2) is 12.1 Å². The summed E-state index contributed by atoms with van der Waals surface area (Å²) in [5, 5.41) is 3.43. The fourth-order valence-corrected chi connectivity index (χ4v) is 4.46. The van der Waals surface area contributed by atoms with Crippen molar-refractivity contribution in [2.45, 2.75) is 37.4 Å². The SMILES string of the molecule is Nc1cc(Cl)cc(Cl)c1NC(=O)CS(=O)C1CCCCC1. The van der Waals surface area contributed by atoms with E-state index in [-0.39, 0.29) is 21.9 Å². The standard InChI is InChI=1S/C14H18Cl2N2O2S/c15-9-6-11(16)14(12(17)7-9)18-13(19)8-21(20)10-4-2-1-3-5-10/h6-7,10H,1-5,8,17H2,(H,18,19). The molecule has 1 amide bonds. The molecule has 3 N–H and O–H groups in total. The number of benzene rings is 1. The minimum atomic E-state index is -1.15. The first-order valence-corrected chi connectivity index (χ1v) is 9.02. The Bertz CT molecular complexity index is 537. The molecule has 116 valence electrons. The number of nitrogens with two attached hydrogens (primary N) is 1. The van der Waals surface area contributed by atoms with Crippen molar-refractivity contribution in [2.75, 3.05) is 16.8 Å². The van der Waals surface area contributed by atoms with Crippen molar-refractivity contribution < 1.29 is 9.00 Å². The number of anilines is 2. The van der Waals surface area contributed by atoms with Crippen molar-refractivity contribution in [1.29, 1.82) is 0 Å². The van der Waals surface area contributed by atoms with Gasteiger partial charge >= 0.3 is 0 Å². The highest BCUT2D eigenvalue weighted by Crippen LogP contribution is 2.32. The van der Waals surface area contributed by atoms with Crippen molar-refractivity contribution in [3.63, 3.8) is 0 Å². The topological polar surface area (TPSA) is 72.2 Å². The Morgan fingerprint density at radius 3 is 2.57 bits per heavy atom. The normalized spacial score (nSPS) is 17.4. The van der Waals surface area contributed by atoms with E-state index in [2.05, 4.69) is 5.32 Å². The van der Waals surface area contributed by atoms with Gasteiger partial charge in [-0.05, 0) is 25.0 Å². The van der Waals surface area contributed by atoms with Crippen molar-refractivity contribution in [1.82, 2.24) is 0 Å². The van der Waals surface area contributed by atoms with Gasteiger partial charge in [-0.3, -0.25) is 9.00 Å². The molecule has 1 aromatic carbocycles. The molecule has 1 fully saturated rings. The van der Waals surface area contributed by atoms with Gasteiger partial charge < -0.3 is 11.1 Å². The lowest BCUT2D eigenvalue weighted by molar-refractivity contribution is -0.113. The van der Waals surface area contributed by atoms with Crippen LogP contribution in [-0.2, 0) is 15.6 Å². The summed E-state index contributed by atoms with van der Waals surface area (Å²) in [7, 11) is -1.15. The van der Waals surface area contributed by atoms with Crippen LogP contribution in [0.4, 0.5) is 11.4 Å². The zero-order valence-corrected chi connectivity index (χ0v) is 13.9. The van der Waals surface area contributed by atoms with Gasteiger partial charge in [-0.1, -0.05) is 42.5 Å². The van der Waals surface area contributed by atoms with Gasteiger partial charge in [0.15, 0.2) is 0 Å². The molecule has 1 unspecified atom stereocenters. The van der Waals surface area contributed by atoms with Crippen molar-refractivity contribution in [3.8, 4) is 0 Å². The van der Waals surface area contributed by atoms with Crippen LogP contribution in [0.25, 0.3) is 0 Å². The lowest BCUT2D eigenvalue weighted by Crippen LogP contribution is -2.28. The lowest BCUT2D eigenvalue weighted by atomic mass is 10.0. The van der Waals surface area contributed by atoms with Crippen LogP contribution < -0.4 is 11.1 Å². The summed E-state index contributed by atoms with van der Waals surface area (Å²) >= 11 is 11.8. The number of carbonyl (C=O) groups excluding carboxylic acids is 1. The number of nitrogens with one attached hydrogen (secondary N) is 1. The average Bonchev–Trinajstić information content (AvgIpc) is 2.43. The molecular formula is C14H18Cl2N2O2S. The number of halogens is 2. The molecule has 1 aliphatic carbocycles. The van der Waals surface area contributed by atoms with Crippen LogP contribution >= 0.6 is 23.2 Å². The zero-order valence-electron chi connectivity index (χ0n) is 11.5. The van der Waals surface area contributed by atoms with Gasteiger partial charge in [0.05, 0.1) is 16.4 Å². The Morgan fingerprint density at radius 2 is 1.95 bits per heavy atom. The highest BCUT2D eigenvalue weighted by Gasteiger charge is 2.22. The fraction of sp³-hybridized carbons (Fsp3) is 0.500. The predicted octanol–water partition coefficient (Wildman–Crippen LogP) is 3.60. The minimum Gasteiger partial charge on any atom is -0.397 e. The predicted molar refractivity (Wildman–Crippen MR) is 89.4 cm³/mol. The first kappa shape index (κ1) is 16.6. The summed E-state index contributed by atoms with van der Waals surface area (Å²) in [6.45, 7) is 0.